The molecule has 0 bridgehead atoms. The minimum atomic E-state index is -1.07. The van der Waals surface area contributed by atoms with Crippen molar-refractivity contribution in [3.63, 3.8) is 0 Å². The van der Waals surface area contributed by atoms with Crippen molar-refractivity contribution >= 4 is 12.0 Å². The Hall–Kier alpha value is -1.34. The lowest BCUT2D eigenvalue weighted by molar-refractivity contribution is -0.139. The van der Waals surface area contributed by atoms with Crippen molar-refractivity contribution in [3.05, 3.63) is 0 Å². The summed E-state index contributed by atoms with van der Waals surface area (Å²) in [5.74, 6) is -0.976. The molecule has 1 saturated heterocycles. The number of aliphatic carboxylic acids is 1. The Morgan fingerprint density at radius 3 is 2.78 bits per heavy atom. The first kappa shape index (κ1) is 14.7. The summed E-state index contributed by atoms with van der Waals surface area (Å²) in [6, 6.07) is -1.33. The van der Waals surface area contributed by atoms with E-state index < -0.39 is 18.0 Å². The quantitative estimate of drug-likeness (QED) is 0.598. The Labute approximate surface area is 106 Å². The number of urea groups is 1. The molecule has 0 aliphatic carbocycles. The normalized spacial score (nSPS) is 20.8. The molecule has 0 aromatic carbocycles. The number of nitrogens with zero attached hydrogens (tertiary/aromatic N) is 1. The van der Waals surface area contributed by atoms with Crippen LogP contribution in [0.1, 0.15) is 12.8 Å². The molecule has 1 aliphatic heterocycles. The number of aliphatic hydroxyl groups is 1. The number of ether oxygens (including phenoxy) is 1. The van der Waals surface area contributed by atoms with Crippen LogP contribution >= 0.6 is 0 Å². The first-order chi connectivity index (χ1) is 8.58. The van der Waals surface area contributed by atoms with E-state index in [0.717, 1.165) is 6.42 Å². The maximum Gasteiger partial charge on any atom is 0.326 e. The minimum absolute atomic E-state index is 0.0514. The van der Waals surface area contributed by atoms with Gasteiger partial charge in [0.15, 0.2) is 0 Å². The van der Waals surface area contributed by atoms with Crippen molar-refractivity contribution in [3.8, 4) is 0 Å². The number of nitrogens with one attached hydrogen (secondary N) is 1. The number of hydrogen-bond donors (Lipinski definition) is 3. The molecular weight excluding hydrogens is 240 g/mol. The van der Waals surface area contributed by atoms with Crippen LogP contribution in [0, 0.1) is 5.92 Å². The number of methoxy groups -OCH3 is 1. The number of carbonyl (C=O) groups is 2. The van der Waals surface area contributed by atoms with Crippen LogP contribution in [0.5, 0.6) is 0 Å². The fraction of sp³-hybridized carbons (Fsp3) is 0.818. The lowest BCUT2D eigenvalue weighted by Gasteiger charge is -2.20. The first-order valence-electron chi connectivity index (χ1n) is 5.96. The molecule has 0 aromatic rings. The molecule has 7 nitrogen and oxygen atoms in total. The third-order valence-electron chi connectivity index (χ3n) is 3.04. The number of hydrogen-bond acceptors (Lipinski definition) is 4. The van der Waals surface area contributed by atoms with Crippen LogP contribution in [0.4, 0.5) is 4.79 Å². The molecule has 7 heteroatoms. The largest absolute Gasteiger partial charge is 0.480 e. The summed E-state index contributed by atoms with van der Waals surface area (Å²) < 4.78 is 4.80. The fourth-order valence-electron chi connectivity index (χ4n) is 1.90. The second-order valence-electron chi connectivity index (χ2n) is 4.41. The van der Waals surface area contributed by atoms with Crippen LogP contribution < -0.4 is 5.32 Å². The fourth-order valence-corrected chi connectivity index (χ4v) is 1.90. The summed E-state index contributed by atoms with van der Waals surface area (Å²) in [6.45, 7) is 1.35. The van der Waals surface area contributed by atoms with E-state index in [9.17, 15) is 9.59 Å². The van der Waals surface area contributed by atoms with Gasteiger partial charge in [0.2, 0.25) is 0 Å². The maximum atomic E-state index is 11.8. The molecule has 3 N–H and O–H groups in total. The third-order valence-corrected chi connectivity index (χ3v) is 3.04. The molecule has 18 heavy (non-hydrogen) atoms. The molecule has 0 aromatic heterocycles. The predicted octanol–water partition coefficient (Wildman–Crippen LogP) is -0.500. The lowest BCUT2D eigenvalue weighted by atomic mass is 10.1. The number of carboxylic acid groups (broad SMARTS) is 1. The number of carbonyl (C=O) groups excluding carboxylic acids is 1. The van der Waals surface area contributed by atoms with Crippen LogP contribution in [0.3, 0.4) is 0 Å². The highest BCUT2D eigenvalue weighted by Gasteiger charge is 2.28. The Bertz CT molecular complexity index is 297. The summed E-state index contributed by atoms with van der Waals surface area (Å²) >= 11 is 0. The first-order valence-corrected chi connectivity index (χ1v) is 5.96. The van der Waals surface area contributed by atoms with E-state index in [0.29, 0.717) is 13.1 Å². The lowest BCUT2D eigenvalue weighted by Crippen LogP contribution is -2.47. The Kier molecular flexibility index (Phi) is 5.87. The van der Waals surface area contributed by atoms with Gasteiger partial charge in [-0.2, -0.15) is 0 Å². The van der Waals surface area contributed by atoms with Crippen LogP contribution in [0.2, 0.25) is 0 Å². The van der Waals surface area contributed by atoms with E-state index in [4.69, 9.17) is 14.9 Å². The van der Waals surface area contributed by atoms with Gasteiger partial charge in [-0.05, 0) is 6.42 Å². The maximum absolute atomic E-state index is 11.8. The highest BCUT2D eigenvalue weighted by Crippen LogP contribution is 2.15. The second kappa shape index (κ2) is 7.17. The molecule has 0 saturated carbocycles. The zero-order valence-corrected chi connectivity index (χ0v) is 10.5. The third kappa shape index (κ3) is 4.15. The SMILES string of the molecule is COCCC(NC(=O)N1CCC(CO)C1)C(=O)O. The standard InChI is InChI=1S/C11H20N2O5/c1-18-5-3-9(10(15)16)12-11(17)13-4-2-8(6-13)7-14/h8-9,14H,2-7H2,1H3,(H,12,17)(H,15,16). The molecule has 1 aliphatic rings. The molecule has 2 amide bonds. The highest BCUT2D eigenvalue weighted by atomic mass is 16.5. The summed E-state index contributed by atoms with van der Waals surface area (Å²) in [5.41, 5.74) is 0. The number of aliphatic hydroxyl groups excluding tert-OH is 1. The molecule has 1 fully saturated rings. The van der Waals surface area contributed by atoms with E-state index in [1.54, 1.807) is 0 Å². The van der Waals surface area contributed by atoms with Gasteiger partial charge < -0.3 is 25.2 Å². The van der Waals surface area contributed by atoms with E-state index in [-0.39, 0.29) is 25.6 Å². The molecule has 1 rings (SSSR count). The molecular formula is C11H20N2O5. The summed E-state index contributed by atoms with van der Waals surface area (Å²) in [7, 11) is 1.48. The van der Waals surface area contributed by atoms with Gasteiger partial charge >= 0.3 is 12.0 Å². The van der Waals surface area contributed by atoms with Crippen molar-refractivity contribution in [1.82, 2.24) is 10.2 Å². The highest BCUT2D eigenvalue weighted by molar-refractivity contribution is 5.82. The summed E-state index contributed by atoms with van der Waals surface area (Å²) in [4.78, 5) is 24.3. The Morgan fingerprint density at radius 2 is 2.28 bits per heavy atom. The van der Waals surface area contributed by atoms with Gasteiger partial charge in [0.25, 0.3) is 0 Å². The molecule has 2 atom stereocenters. The van der Waals surface area contributed by atoms with Crippen LogP contribution in [0.25, 0.3) is 0 Å². The van der Waals surface area contributed by atoms with Crippen LogP contribution in [-0.2, 0) is 9.53 Å². The van der Waals surface area contributed by atoms with Crippen molar-refractivity contribution in [1.29, 1.82) is 0 Å². The zero-order valence-electron chi connectivity index (χ0n) is 10.5. The Balaban J connectivity index is 2.43. The van der Waals surface area contributed by atoms with Gasteiger partial charge in [-0.25, -0.2) is 9.59 Å². The second-order valence-corrected chi connectivity index (χ2v) is 4.41. The van der Waals surface area contributed by atoms with Gasteiger partial charge in [-0.1, -0.05) is 0 Å². The van der Waals surface area contributed by atoms with Gasteiger partial charge in [-0.3, -0.25) is 0 Å². The number of amides is 2. The van der Waals surface area contributed by atoms with Crippen molar-refractivity contribution < 1.29 is 24.5 Å². The van der Waals surface area contributed by atoms with Crippen molar-refractivity contribution in [2.75, 3.05) is 33.4 Å². The molecule has 2 unspecified atom stereocenters. The number of rotatable bonds is 6. The van der Waals surface area contributed by atoms with E-state index in [1.807, 2.05) is 0 Å². The monoisotopic (exact) mass is 260 g/mol. The Morgan fingerprint density at radius 1 is 1.56 bits per heavy atom. The average molecular weight is 260 g/mol. The van der Waals surface area contributed by atoms with E-state index >= 15 is 0 Å². The van der Waals surface area contributed by atoms with Crippen LogP contribution in [0.15, 0.2) is 0 Å². The minimum Gasteiger partial charge on any atom is -0.480 e. The summed E-state index contributed by atoms with van der Waals surface area (Å²) in [6.07, 6.45) is 0.981. The molecule has 0 spiro atoms. The van der Waals surface area contributed by atoms with Gasteiger partial charge in [0.05, 0.1) is 0 Å². The summed E-state index contributed by atoms with van der Waals surface area (Å²) in [5, 5.41) is 20.4. The average Bonchev–Trinajstić information content (AvgIpc) is 2.82. The van der Waals surface area contributed by atoms with Crippen molar-refractivity contribution in [2.45, 2.75) is 18.9 Å². The van der Waals surface area contributed by atoms with Crippen molar-refractivity contribution in [2.24, 2.45) is 5.92 Å². The van der Waals surface area contributed by atoms with Crippen LogP contribution in [-0.4, -0.2) is 66.6 Å². The number of likely N-dealkylation sites (tertiary alicyclic amines) is 1. The van der Waals surface area contributed by atoms with Gasteiger partial charge in [-0.15, -0.1) is 0 Å². The predicted molar refractivity (Wildman–Crippen MR) is 63.2 cm³/mol. The van der Waals surface area contributed by atoms with E-state index in [1.165, 1.54) is 12.0 Å². The topological polar surface area (TPSA) is 99.1 Å². The van der Waals surface area contributed by atoms with Gasteiger partial charge in [0.1, 0.15) is 6.04 Å². The van der Waals surface area contributed by atoms with Gasteiger partial charge in [0, 0.05) is 45.8 Å². The molecule has 1 heterocycles. The van der Waals surface area contributed by atoms with E-state index in [2.05, 4.69) is 5.32 Å². The smallest absolute Gasteiger partial charge is 0.326 e. The number of carboxylic acids is 1. The zero-order chi connectivity index (χ0) is 13.5. The molecule has 0 radical (unpaired) electrons. The molecule has 104 valence electrons.